The van der Waals surface area contributed by atoms with Gasteiger partial charge in [0.05, 0.1) is 23.7 Å². The van der Waals surface area contributed by atoms with Crippen LogP contribution in [0.1, 0.15) is 30.4 Å². The molecule has 2 nitrogen and oxygen atoms in total. The van der Waals surface area contributed by atoms with Crippen LogP contribution in [0.15, 0.2) is 24.3 Å². The topological polar surface area (TPSA) is 33.0 Å². The molecule has 0 N–H and O–H groups in total. The molecule has 1 aromatic carbocycles. The van der Waals surface area contributed by atoms with Gasteiger partial charge >= 0.3 is 0 Å². The van der Waals surface area contributed by atoms with Gasteiger partial charge in [-0.25, -0.2) is 0 Å². The van der Waals surface area contributed by atoms with Gasteiger partial charge in [-0.15, -0.1) is 0 Å². The van der Waals surface area contributed by atoms with Crippen molar-refractivity contribution in [1.82, 2.24) is 0 Å². The molecule has 2 fully saturated rings. The van der Waals surface area contributed by atoms with E-state index in [1.165, 1.54) is 11.1 Å². The van der Waals surface area contributed by atoms with E-state index < -0.39 is 0 Å². The van der Waals surface area contributed by atoms with Crippen LogP contribution in [0.25, 0.3) is 0 Å². The van der Waals surface area contributed by atoms with Crippen LogP contribution in [0.2, 0.25) is 0 Å². The zero-order valence-electron chi connectivity index (χ0n) is 10.1. The Morgan fingerprint density at radius 3 is 2.65 bits per heavy atom. The first-order valence-electron chi connectivity index (χ1n) is 6.34. The highest BCUT2D eigenvalue weighted by molar-refractivity contribution is 5.26. The summed E-state index contributed by atoms with van der Waals surface area (Å²) in [7, 11) is 0. The molecule has 1 aromatic rings. The Hall–Kier alpha value is -1.33. The molecule has 17 heavy (non-hydrogen) atoms. The van der Waals surface area contributed by atoms with E-state index in [9.17, 15) is 5.26 Å². The van der Waals surface area contributed by atoms with E-state index in [2.05, 4.69) is 37.3 Å². The van der Waals surface area contributed by atoms with Crippen molar-refractivity contribution >= 4 is 0 Å². The second-order valence-corrected chi connectivity index (χ2v) is 5.46. The van der Waals surface area contributed by atoms with Gasteiger partial charge in [0.2, 0.25) is 0 Å². The molecule has 2 aliphatic heterocycles. The average molecular weight is 227 g/mol. The Kier molecular flexibility index (Phi) is 2.45. The third-order valence-electron chi connectivity index (χ3n) is 4.18. The summed E-state index contributed by atoms with van der Waals surface area (Å²) in [6, 6.07) is 11.1. The maximum atomic E-state index is 9.52. The summed E-state index contributed by atoms with van der Waals surface area (Å²) >= 11 is 0. The van der Waals surface area contributed by atoms with Crippen molar-refractivity contribution in [3.63, 3.8) is 0 Å². The van der Waals surface area contributed by atoms with Crippen LogP contribution < -0.4 is 0 Å². The number of nitriles is 1. The largest absolute Gasteiger partial charge is 0.373 e. The van der Waals surface area contributed by atoms with Crippen LogP contribution in [-0.2, 0) is 11.2 Å². The van der Waals surface area contributed by atoms with Gasteiger partial charge in [0.1, 0.15) is 0 Å². The zero-order chi connectivity index (χ0) is 11.9. The van der Waals surface area contributed by atoms with Crippen molar-refractivity contribution in [2.24, 2.45) is 5.41 Å². The molecule has 0 spiro atoms. The summed E-state index contributed by atoms with van der Waals surface area (Å²) in [5.74, 6) is 0. The van der Waals surface area contributed by atoms with Gasteiger partial charge in [0.15, 0.2) is 0 Å². The minimum Gasteiger partial charge on any atom is -0.373 e. The predicted molar refractivity (Wildman–Crippen MR) is 65.4 cm³/mol. The average Bonchev–Trinajstić information content (AvgIpc) is 2.93. The lowest BCUT2D eigenvalue weighted by Gasteiger charge is -2.28. The Bertz CT molecular complexity index is 459. The highest BCUT2D eigenvalue weighted by Gasteiger charge is 2.52. The summed E-state index contributed by atoms with van der Waals surface area (Å²) in [6.45, 7) is 2.09. The maximum Gasteiger partial charge on any atom is 0.0899 e. The number of ether oxygens (including phenoxy) is 1. The Morgan fingerprint density at radius 1 is 1.35 bits per heavy atom. The quantitative estimate of drug-likeness (QED) is 0.778. The Labute approximate surface area is 102 Å². The van der Waals surface area contributed by atoms with Crippen LogP contribution >= 0.6 is 0 Å². The smallest absolute Gasteiger partial charge is 0.0899 e. The van der Waals surface area contributed by atoms with Crippen LogP contribution in [0.5, 0.6) is 0 Å². The molecule has 2 heterocycles. The van der Waals surface area contributed by atoms with Gasteiger partial charge in [-0.1, -0.05) is 29.8 Å². The molecule has 0 radical (unpaired) electrons. The van der Waals surface area contributed by atoms with Gasteiger partial charge < -0.3 is 4.74 Å². The van der Waals surface area contributed by atoms with Crippen molar-refractivity contribution in [2.75, 3.05) is 0 Å². The maximum absolute atomic E-state index is 9.52. The normalized spacial score (nSPS) is 34.8. The molecule has 2 bridgehead atoms. The summed E-state index contributed by atoms with van der Waals surface area (Å²) in [5.41, 5.74) is 2.26. The second-order valence-electron chi connectivity index (χ2n) is 5.46. The van der Waals surface area contributed by atoms with Gasteiger partial charge in [-0.05, 0) is 38.2 Å². The fourth-order valence-corrected chi connectivity index (χ4v) is 3.21. The van der Waals surface area contributed by atoms with E-state index in [-0.39, 0.29) is 11.5 Å². The highest BCUT2D eigenvalue weighted by Crippen LogP contribution is 2.49. The first kappa shape index (κ1) is 10.8. The van der Waals surface area contributed by atoms with Crippen LogP contribution in [0, 0.1) is 23.7 Å². The molecule has 0 aliphatic carbocycles. The monoisotopic (exact) mass is 227 g/mol. The summed E-state index contributed by atoms with van der Waals surface area (Å²) in [4.78, 5) is 0. The summed E-state index contributed by atoms with van der Waals surface area (Å²) in [5, 5.41) is 9.52. The molecule has 3 rings (SSSR count). The van der Waals surface area contributed by atoms with E-state index in [0.717, 1.165) is 25.7 Å². The number of fused-ring (bicyclic) bond motifs is 2. The molecule has 3 atom stereocenters. The number of aryl methyl sites for hydroxylation is 1. The van der Waals surface area contributed by atoms with Crippen LogP contribution in [0.4, 0.5) is 0 Å². The molecule has 3 unspecified atom stereocenters. The van der Waals surface area contributed by atoms with Crippen LogP contribution in [-0.4, -0.2) is 12.2 Å². The molecule has 2 heteroatoms. The zero-order valence-corrected chi connectivity index (χ0v) is 10.1. The van der Waals surface area contributed by atoms with Crippen molar-refractivity contribution < 1.29 is 4.74 Å². The molecule has 0 saturated carbocycles. The number of hydrogen-bond acceptors (Lipinski definition) is 2. The number of benzene rings is 1. The van der Waals surface area contributed by atoms with Gasteiger partial charge in [-0.3, -0.25) is 0 Å². The van der Waals surface area contributed by atoms with Crippen molar-refractivity contribution in [1.29, 1.82) is 5.26 Å². The number of rotatable bonds is 2. The molecule has 0 amide bonds. The van der Waals surface area contributed by atoms with E-state index in [1.807, 2.05) is 0 Å². The summed E-state index contributed by atoms with van der Waals surface area (Å²) in [6.07, 6.45) is 4.46. The van der Waals surface area contributed by atoms with Crippen molar-refractivity contribution in [3.05, 3.63) is 35.4 Å². The van der Waals surface area contributed by atoms with Gasteiger partial charge in [0.25, 0.3) is 0 Å². The Morgan fingerprint density at radius 2 is 2.12 bits per heavy atom. The lowest BCUT2D eigenvalue weighted by molar-refractivity contribution is 0.0787. The van der Waals surface area contributed by atoms with Crippen molar-refractivity contribution in [3.8, 4) is 6.07 Å². The van der Waals surface area contributed by atoms with E-state index in [4.69, 9.17) is 4.74 Å². The molecular weight excluding hydrogens is 210 g/mol. The number of hydrogen-bond donors (Lipinski definition) is 0. The first-order chi connectivity index (χ1) is 8.22. The molecular formula is C15H17NO. The first-order valence-corrected chi connectivity index (χ1v) is 6.34. The lowest BCUT2D eigenvalue weighted by Crippen LogP contribution is -2.33. The number of nitrogens with zero attached hydrogens (tertiary/aromatic N) is 1. The third kappa shape index (κ3) is 1.75. The van der Waals surface area contributed by atoms with Gasteiger partial charge in [0, 0.05) is 0 Å². The molecule has 2 aliphatic rings. The van der Waals surface area contributed by atoms with E-state index >= 15 is 0 Å². The lowest BCUT2D eigenvalue weighted by atomic mass is 9.71. The Balaban J connectivity index is 1.84. The van der Waals surface area contributed by atoms with E-state index in [1.54, 1.807) is 0 Å². The summed E-state index contributed by atoms with van der Waals surface area (Å²) < 4.78 is 5.85. The standard InChI is InChI=1S/C15H17NO/c1-11-2-4-12(5-3-11)8-15(10-16)9-13-6-7-14(15)17-13/h2-5,13-14H,6-9H2,1H3. The van der Waals surface area contributed by atoms with Gasteiger partial charge in [-0.2, -0.15) is 5.26 Å². The molecule has 0 aromatic heterocycles. The van der Waals surface area contributed by atoms with Crippen LogP contribution in [0.3, 0.4) is 0 Å². The minimum absolute atomic E-state index is 0.166. The second kappa shape index (κ2) is 3.85. The predicted octanol–water partition coefficient (Wildman–Crippen LogP) is 3.00. The van der Waals surface area contributed by atoms with Crippen molar-refractivity contribution in [2.45, 2.75) is 44.8 Å². The SMILES string of the molecule is Cc1ccc(CC2(C#N)CC3CCC2O3)cc1. The molecule has 88 valence electrons. The highest BCUT2D eigenvalue weighted by atomic mass is 16.5. The fourth-order valence-electron chi connectivity index (χ4n) is 3.21. The minimum atomic E-state index is -0.266. The molecule has 2 saturated heterocycles. The fraction of sp³-hybridized carbons (Fsp3) is 0.533. The van der Waals surface area contributed by atoms with E-state index in [0.29, 0.717) is 6.10 Å². The third-order valence-corrected chi connectivity index (χ3v) is 4.18.